The van der Waals surface area contributed by atoms with Crippen molar-refractivity contribution in [2.45, 2.75) is 182 Å². The quantitative estimate of drug-likeness (QED) is 0.234. The lowest BCUT2D eigenvalue weighted by atomic mass is 10.1. The van der Waals surface area contributed by atoms with E-state index >= 15 is 0 Å². The third-order valence-electron chi connectivity index (χ3n) is 11.6. The molecule has 0 aromatic heterocycles. The zero-order valence-electron chi connectivity index (χ0n) is 32.4. The Morgan fingerprint density at radius 2 is 0.907 bits per heavy atom. The summed E-state index contributed by atoms with van der Waals surface area (Å²) in [5.41, 5.74) is 9.48. The topological polar surface area (TPSA) is 12.0 Å². The molecule has 0 saturated heterocycles. The minimum atomic E-state index is -1.94. The fourth-order valence-corrected chi connectivity index (χ4v) is 43.0. The van der Waals surface area contributed by atoms with E-state index in [0.29, 0.717) is 38.8 Å². The van der Waals surface area contributed by atoms with Gasteiger partial charge in [0.2, 0.25) is 0 Å². The standard InChI is InChI=1S/C29H61NSi3.C9H11.Al/c1-22(2)32(23(3)4,24(5)6)20-18-28(31(16,17)30-29(13,14)15)19-21-33(25(7)8,26(9)10)27(11)12;1-7-4-8(2)6-9(3)5-7;/h18-19,22-28,30H,1-17H3;4-5H,1-3H3;. The molecule has 1 N–H and O–H groups in total. The van der Waals surface area contributed by atoms with E-state index in [1.807, 2.05) is 8.12 Å². The Kier molecular flexibility index (Phi) is 12.6. The van der Waals surface area contributed by atoms with Crippen molar-refractivity contribution >= 4 is 43.0 Å². The molecule has 0 unspecified atom stereocenters. The van der Waals surface area contributed by atoms with Crippen molar-refractivity contribution < 1.29 is 0 Å². The highest BCUT2D eigenvalue weighted by Gasteiger charge is 2.58. The van der Waals surface area contributed by atoms with Crippen LogP contribution in [0.3, 0.4) is 0 Å². The van der Waals surface area contributed by atoms with Gasteiger partial charge in [-0.3, -0.25) is 0 Å². The maximum atomic E-state index is 4.27. The minimum Gasteiger partial charge on any atom is -0.332 e. The van der Waals surface area contributed by atoms with E-state index < -0.39 is 38.5 Å². The first-order valence-corrected chi connectivity index (χ1v) is 27.0. The molecule has 1 aromatic rings. The molecule has 0 atom stereocenters. The lowest BCUT2D eigenvalue weighted by Gasteiger charge is -2.55. The predicted molar refractivity (Wildman–Crippen MR) is 208 cm³/mol. The predicted octanol–water partition coefficient (Wildman–Crippen LogP) is 11.7. The summed E-state index contributed by atoms with van der Waals surface area (Å²) >= 11 is -1.72. The molecule has 0 fully saturated rings. The van der Waals surface area contributed by atoms with E-state index in [0.717, 1.165) is 0 Å². The average molecular weight is 654 g/mol. The Bertz CT molecular complexity index is 1060. The SMILES string of the molecule is Cc1cc(C)[c]([Al]2[C]([Si](C(C)C)(C(C)C)C(C)C)=CC([Si](C)(C)NC(C)(C)C)C=[C]2[Si](C(C)C)(C(C)C)C(C)C)c(C)c1. The summed E-state index contributed by atoms with van der Waals surface area (Å²) in [7, 11) is -5.77. The number of benzene rings is 1. The van der Waals surface area contributed by atoms with Crippen molar-refractivity contribution in [1.82, 2.24) is 4.98 Å². The number of aryl methyl sites for hydroxylation is 3. The van der Waals surface area contributed by atoms with Gasteiger partial charge in [0.15, 0.2) is 0 Å². The molecule has 5 heteroatoms. The van der Waals surface area contributed by atoms with Gasteiger partial charge in [-0.05, 0) is 74.8 Å². The maximum absolute atomic E-state index is 4.27. The van der Waals surface area contributed by atoms with Crippen LogP contribution in [0.25, 0.3) is 0 Å². The Balaban J connectivity index is 3.35. The summed E-state index contributed by atoms with van der Waals surface area (Å²) in [4.78, 5) is 4.27. The molecule has 43 heavy (non-hydrogen) atoms. The highest BCUT2D eigenvalue weighted by molar-refractivity contribution is 7.16. The number of rotatable bonds is 11. The molecule has 0 bridgehead atoms. The summed E-state index contributed by atoms with van der Waals surface area (Å²) < 4.78 is 5.84. The first-order chi connectivity index (χ1) is 19.4. The maximum Gasteiger partial charge on any atom is 0.366 e. The second kappa shape index (κ2) is 13.9. The van der Waals surface area contributed by atoms with Gasteiger partial charge in [0.05, 0.1) is 16.1 Å². The molecule has 0 radical (unpaired) electrons. The van der Waals surface area contributed by atoms with Crippen LogP contribution in [0.4, 0.5) is 0 Å². The number of hydrogen-bond acceptors (Lipinski definition) is 1. The normalized spacial score (nSPS) is 16.5. The van der Waals surface area contributed by atoms with E-state index in [2.05, 4.69) is 167 Å². The summed E-state index contributed by atoms with van der Waals surface area (Å²) in [5, 5.41) is 0. The molecular formula is C38H72AlNSi3. The first-order valence-electron chi connectivity index (χ1n) is 17.7. The highest BCUT2D eigenvalue weighted by Crippen LogP contribution is 2.55. The summed E-state index contributed by atoms with van der Waals surface area (Å²) in [6.07, 6.45) is 5.97. The average Bonchev–Trinajstić information content (AvgIpc) is 2.77. The van der Waals surface area contributed by atoms with Crippen LogP contribution >= 0.6 is 0 Å². The Morgan fingerprint density at radius 3 is 1.16 bits per heavy atom. The Labute approximate surface area is 277 Å². The number of nitrogens with one attached hydrogen (secondary N) is 1. The van der Waals surface area contributed by atoms with Gasteiger partial charge in [0.25, 0.3) is 0 Å². The molecule has 2 rings (SSSR count). The molecule has 244 valence electrons. The molecule has 1 aliphatic heterocycles. The van der Waals surface area contributed by atoms with E-state index in [4.69, 9.17) is 0 Å². The van der Waals surface area contributed by atoms with Gasteiger partial charge in [-0.1, -0.05) is 142 Å². The lowest BCUT2D eigenvalue weighted by molar-refractivity contribution is 0.510. The van der Waals surface area contributed by atoms with Crippen molar-refractivity contribution in [3.8, 4) is 0 Å². The molecular weight excluding hydrogens is 582 g/mol. The van der Waals surface area contributed by atoms with E-state index in [9.17, 15) is 0 Å². The zero-order chi connectivity index (χ0) is 33.6. The van der Waals surface area contributed by atoms with Gasteiger partial charge in [0, 0.05) is 11.1 Å². The fraction of sp³-hybridized carbons (Fsp3) is 0.737. The van der Waals surface area contributed by atoms with Crippen LogP contribution in [0.15, 0.2) is 32.4 Å². The summed E-state index contributed by atoms with van der Waals surface area (Å²) in [5.74, 6) is 0. The lowest BCUT2D eigenvalue weighted by Crippen LogP contribution is -2.64. The molecule has 0 aliphatic carbocycles. The van der Waals surface area contributed by atoms with Crippen molar-refractivity contribution in [2.75, 3.05) is 0 Å². The highest BCUT2D eigenvalue weighted by atomic mass is 28.3. The third-order valence-corrected chi connectivity index (χ3v) is 36.7. The van der Waals surface area contributed by atoms with Crippen LogP contribution in [-0.2, 0) is 0 Å². The first kappa shape index (κ1) is 39.0. The molecule has 0 spiro atoms. The molecule has 1 nitrogen and oxygen atoms in total. The monoisotopic (exact) mass is 653 g/mol. The van der Waals surface area contributed by atoms with E-state index in [1.165, 1.54) is 5.56 Å². The summed E-state index contributed by atoms with van der Waals surface area (Å²) in [6, 6.07) is 5.03. The van der Waals surface area contributed by atoms with Crippen LogP contribution in [0.1, 0.15) is 121 Å². The molecule has 1 aliphatic rings. The number of allylic oxidation sites excluding steroid dienone is 2. The Morgan fingerprint density at radius 1 is 0.605 bits per heavy atom. The van der Waals surface area contributed by atoms with Gasteiger partial charge in [0.1, 0.15) is 8.24 Å². The minimum absolute atomic E-state index is 0.113. The van der Waals surface area contributed by atoms with Crippen molar-refractivity contribution in [1.29, 1.82) is 0 Å². The van der Waals surface area contributed by atoms with Crippen molar-refractivity contribution in [2.24, 2.45) is 0 Å². The van der Waals surface area contributed by atoms with Crippen LogP contribution in [-0.4, -0.2) is 44.1 Å². The van der Waals surface area contributed by atoms with Gasteiger partial charge >= 0.3 is 14.1 Å². The largest absolute Gasteiger partial charge is 0.366 e. The molecule has 0 amide bonds. The smallest absolute Gasteiger partial charge is 0.332 e. The van der Waals surface area contributed by atoms with Gasteiger partial charge in [-0.2, -0.15) is 0 Å². The van der Waals surface area contributed by atoms with Crippen LogP contribution < -0.4 is 9.41 Å². The second-order valence-electron chi connectivity index (χ2n) is 17.9. The van der Waals surface area contributed by atoms with Crippen molar-refractivity contribution in [3.05, 3.63) is 49.1 Å². The van der Waals surface area contributed by atoms with Crippen LogP contribution in [0, 0.1) is 20.8 Å². The summed E-state index contributed by atoms with van der Waals surface area (Å²) in [6.45, 7) is 50.9. The molecule has 1 heterocycles. The van der Waals surface area contributed by atoms with Gasteiger partial charge in [-0.25, -0.2) is 0 Å². The molecule has 0 saturated carbocycles. The number of hydrogen-bond donors (Lipinski definition) is 1. The van der Waals surface area contributed by atoms with Crippen LogP contribution in [0.2, 0.25) is 51.9 Å². The van der Waals surface area contributed by atoms with Gasteiger partial charge in [-0.15, -0.1) is 8.12 Å². The third kappa shape index (κ3) is 7.23. The van der Waals surface area contributed by atoms with Gasteiger partial charge < -0.3 is 4.98 Å². The van der Waals surface area contributed by atoms with E-state index in [-0.39, 0.29) is 5.54 Å². The fourth-order valence-electron chi connectivity index (χ4n) is 11.0. The van der Waals surface area contributed by atoms with Crippen molar-refractivity contribution in [3.63, 3.8) is 0 Å². The van der Waals surface area contributed by atoms with E-state index in [1.54, 1.807) is 15.6 Å². The second-order valence-corrected chi connectivity index (χ2v) is 37.9. The Hall–Kier alpha value is -0.157. The molecule has 1 aromatic carbocycles. The zero-order valence-corrected chi connectivity index (χ0v) is 36.6. The van der Waals surface area contributed by atoms with Crippen LogP contribution in [0.5, 0.6) is 0 Å².